The molecule has 2 heterocycles. The Morgan fingerprint density at radius 2 is 2.22 bits per heavy atom. The molecule has 2 saturated heterocycles. The fraction of sp³-hybridized carbons (Fsp3) is 1.00. The van der Waals surface area contributed by atoms with Gasteiger partial charge in [0.05, 0.1) is 12.2 Å². The van der Waals surface area contributed by atoms with Crippen molar-refractivity contribution in [3.8, 4) is 0 Å². The van der Waals surface area contributed by atoms with Gasteiger partial charge in [-0.1, -0.05) is 6.92 Å². The molecular weight excluding hydrogens is 114 g/mol. The lowest BCUT2D eigenvalue weighted by molar-refractivity contribution is -0.220. The summed E-state index contributed by atoms with van der Waals surface area (Å²) in [6.07, 6.45) is 1.30. The zero-order valence-electron chi connectivity index (χ0n) is 5.89. The Balaban J connectivity index is 1.82. The van der Waals surface area contributed by atoms with Crippen LogP contribution in [0.3, 0.4) is 0 Å². The number of likely N-dealkylation sites (N-methyl/N-ethyl adjacent to an activating group) is 1. The molecule has 2 fully saturated rings. The van der Waals surface area contributed by atoms with Gasteiger partial charge in [-0.15, -0.1) is 0 Å². The van der Waals surface area contributed by atoms with E-state index in [0.717, 1.165) is 6.61 Å². The van der Waals surface area contributed by atoms with Gasteiger partial charge < -0.3 is 4.74 Å². The second-order valence-corrected chi connectivity index (χ2v) is 3.08. The van der Waals surface area contributed by atoms with E-state index in [4.69, 9.17) is 4.74 Å². The summed E-state index contributed by atoms with van der Waals surface area (Å²) in [5, 5.41) is 0. The zero-order valence-corrected chi connectivity index (χ0v) is 5.89. The first-order valence-electron chi connectivity index (χ1n) is 3.71. The number of hydrogen-bond acceptors (Lipinski definition) is 2. The van der Waals surface area contributed by atoms with Gasteiger partial charge in [0, 0.05) is 19.5 Å². The average molecular weight is 127 g/mol. The minimum Gasteiger partial charge on any atom is -0.372 e. The van der Waals surface area contributed by atoms with Crippen LogP contribution in [-0.4, -0.2) is 36.7 Å². The molecule has 2 nitrogen and oxygen atoms in total. The highest BCUT2D eigenvalue weighted by Crippen LogP contribution is 2.35. The summed E-state index contributed by atoms with van der Waals surface area (Å²) >= 11 is 0. The Hall–Kier alpha value is -0.0800. The minimum absolute atomic E-state index is 0.343. The highest BCUT2D eigenvalue weighted by atomic mass is 16.5. The summed E-state index contributed by atoms with van der Waals surface area (Å²) in [5.74, 6) is 0. The first kappa shape index (κ1) is 5.69. The van der Waals surface area contributed by atoms with E-state index in [1.165, 1.54) is 26.1 Å². The largest absolute Gasteiger partial charge is 0.372 e. The van der Waals surface area contributed by atoms with Crippen LogP contribution in [-0.2, 0) is 4.74 Å². The van der Waals surface area contributed by atoms with E-state index in [1.54, 1.807) is 0 Å². The van der Waals surface area contributed by atoms with Crippen molar-refractivity contribution >= 4 is 0 Å². The third kappa shape index (κ3) is 0.700. The van der Waals surface area contributed by atoms with Gasteiger partial charge in [0.15, 0.2) is 0 Å². The Labute approximate surface area is 55.8 Å². The highest BCUT2D eigenvalue weighted by Gasteiger charge is 2.48. The van der Waals surface area contributed by atoms with E-state index in [9.17, 15) is 0 Å². The molecule has 0 aromatic carbocycles. The van der Waals surface area contributed by atoms with Gasteiger partial charge in [0.1, 0.15) is 0 Å². The minimum atomic E-state index is 0.343. The Morgan fingerprint density at radius 3 is 2.56 bits per heavy atom. The van der Waals surface area contributed by atoms with Gasteiger partial charge >= 0.3 is 0 Å². The van der Waals surface area contributed by atoms with E-state index in [0.29, 0.717) is 5.60 Å². The fourth-order valence-electron chi connectivity index (χ4n) is 1.63. The second-order valence-electron chi connectivity index (χ2n) is 3.08. The first-order valence-corrected chi connectivity index (χ1v) is 3.71. The lowest BCUT2D eigenvalue weighted by Crippen LogP contribution is -2.67. The summed E-state index contributed by atoms with van der Waals surface area (Å²) in [5.41, 5.74) is 0.343. The lowest BCUT2D eigenvalue weighted by atomic mass is 9.86. The van der Waals surface area contributed by atoms with Crippen LogP contribution in [0.2, 0.25) is 0 Å². The van der Waals surface area contributed by atoms with Crippen LogP contribution in [0.25, 0.3) is 0 Å². The molecule has 0 aromatic rings. The normalized spacial score (nSPS) is 31.7. The van der Waals surface area contributed by atoms with Crippen molar-refractivity contribution < 1.29 is 4.74 Å². The van der Waals surface area contributed by atoms with Crippen molar-refractivity contribution in [3.05, 3.63) is 0 Å². The van der Waals surface area contributed by atoms with Crippen molar-refractivity contribution in [1.29, 1.82) is 0 Å². The van der Waals surface area contributed by atoms with Crippen LogP contribution in [0.5, 0.6) is 0 Å². The van der Waals surface area contributed by atoms with Crippen molar-refractivity contribution in [3.63, 3.8) is 0 Å². The molecule has 52 valence electrons. The first-order chi connectivity index (χ1) is 4.35. The zero-order chi connectivity index (χ0) is 6.32. The second kappa shape index (κ2) is 1.70. The van der Waals surface area contributed by atoms with Crippen LogP contribution in [0.4, 0.5) is 0 Å². The van der Waals surface area contributed by atoms with Gasteiger partial charge in [-0.05, 0) is 6.54 Å². The molecule has 0 amide bonds. The van der Waals surface area contributed by atoms with Crippen molar-refractivity contribution in [2.45, 2.75) is 18.9 Å². The molecule has 0 atom stereocenters. The Morgan fingerprint density at radius 1 is 1.56 bits per heavy atom. The lowest BCUT2D eigenvalue weighted by Gasteiger charge is -2.55. The molecule has 0 bridgehead atoms. The fourth-order valence-corrected chi connectivity index (χ4v) is 1.63. The Bertz CT molecular complexity index is 112. The predicted octanol–water partition coefficient (Wildman–Crippen LogP) is 0.481. The van der Waals surface area contributed by atoms with Gasteiger partial charge in [-0.3, -0.25) is 4.90 Å². The molecule has 2 aliphatic heterocycles. The van der Waals surface area contributed by atoms with Gasteiger partial charge in [-0.25, -0.2) is 0 Å². The summed E-state index contributed by atoms with van der Waals surface area (Å²) in [4.78, 5) is 2.42. The SMILES string of the molecule is CCN1CC2(CCO2)C1. The molecule has 1 spiro atoms. The van der Waals surface area contributed by atoms with Crippen LogP contribution >= 0.6 is 0 Å². The molecular formula is C7H13NO. The average Bonchev–Trinajstić information content (AvgIpc) is 1.59. The maximum Gasteiger partial charge on any atom is 0.0956 e. The van der Waals surface area contributed by atoms with E-state index < -0.39 is 0 Å². The van der Waals surface area contributed by atoms with E-state index in [2.05, 4.69) is 11.8 Å². The molecule has 0 saturated carbocycles. The van der Waals surface area contributed by atoms with Gasteiger partial charge in [0.2, 0.25) is 0 Å². The summed E-state index contributed by atoms with van der Waals surface area (Å²) in [7, 11) is 0. The topological polar surface area (TPSA) is 12.5 Å². The monoisotopic (exact) mass is 127 g/mol. The maximum absolute atomic E-state index is 5.44. The summed E-state index contributed by atoms with van der Waals surface area (Å²) in [6.45, 7) is 6.75. The van der Waals surface area contributed by atoms with Crippen molar-refractivity contribution in [1.82, 2.24) is 4.90 Å². The summed E-state index contributed by atoms with van der Waals surface area (Å²) < 4.78 is 5.44. The smallest absolute Gasteiger partial charge is 0.0956 e. The molecule has 2 heteroatoms. The quantitative estimate of drug-likeness (QED) is 0.508. The molecule has 0 N–H and O–H groups in total. The van der Waals surface area contributed by atoms with Crippen LogP contribution < -0.4 is 0 Å². The van der Waals surface area contributed by atoms with Crippen LogP contribution in [0.15, 0.2) is 0 Å². The third-order valence-electron chi connectivity index (χ3n) is 2.44. The predicted molar refractivity (Wildman–Crippen MR) is 35.4 cm³/mol. The molecule has 0 aromatic heterocycles. The number of ether oxygens (including phenoxy) is 1. The van der Waals surface area contributed by atoms with Gasteiger partial charge in [-0.2, -0.15) is 0 Å². The van der Waals surface area contributed by atoms with E-state index in [-0.39, 0.29) is 0 Å². The Kier molecular flexibility index (Phi) is 1.08. The van der Waals surface area contributed by atoms with E-state index >= 15 is 0 Å². The van der Waals surface area contributed by atoms with Crippen LogP contribution in [0, 0.1) is 0 Å². The molecule has 0 unspecified atom stereocenters. The third-order valence-corrected chi connectivity index (χ3v) is 2.44. The highest BCUT2D eigenvalue weighted by molar-refractivity contribution is 5.01. The number of nitrogens with zero attached hydrogens (tertiary/aromatic N) is 1. The van der Waals surface area contributed by atoms with Crippen molar-refractivity contribution in [2.75, 3.05) is 26.2 Å². The standard InChI is InChI=1S/C7H13NO/c1-2-8-5-7(6-8)3-4-9-7/h2-6H2,1H3. The van der Waals surface area contributed by atoms with Crippen LogP contribution in [0.1, 0.15) is 13.3 Å². The van der Waals surface area contributed by atoms with E-state index in [1.807, 2.05) is 0 Å². The number of hydrogen-bond donors (Lipinski definition) is 0. The molecule has 9 heavy (non-hydrogen) atoms. The van der Waals surface area contributed by atoms with Gasteiger partial charge in [0.25, 0.3) is 0 Å². The van der Waals surface area contributed by atoms with Crippen molar-refractivity contribution in [2.24, 2.45) is 0 Å². The molecule has 0 radical (unpaired) electrons. The summed E-state index contributed by atoms with van der Waals surface area (Å²) in [6, 6.07) is 0. The molecule has 2 rings (SSSR count). The number of likely N-dealkylation sites (tertiary alicyclic amines) is 1. The molecule has 0 aliphatic carbocycles. The number of rotatable bonds is 1. The molecule has 2 aliphatic rings. The maximum atomic E-state index is 5.44.